The number of halogens is 3. The molecule has 0 radical (unpaired) electrons. The predicted molar refractivity (Wildman–Crippen MR) is 190 cm³/mol. The number of ether oxygens (including phenoxy) is 1. The maximum Gasteiger partial charge on any atom is 0.434 e. The van der Waals surface area contributed by atoms with Crippen molar-refractivity contribution in [3.8, 4) is 22.7 Å². The van der Waals surface area contributed by atoms with Gasteiger partial charge in [0.05, 0.1) is 16.8 Å². The van der Waals surface area contributed by atoms with Crippen molar-refractivity contribution in [3.63, 3.8) is 0 Å². The van der Waals surface area contributed by atoms with Gasteiger partial charge in [0.15, 0.2) is 5.69 Å². The van der Waals surface area contributed by atoms with E-state index < -0.39 is 34.8 Å². The quantitative estimate of drug-likeness (QED) is 0.174. The number of pyridine rings is 2. The summed E-state index contributed by atoms with van der Waals surface area (Å²) in [6.07, 6.45) is 7.09. The highest BCUT2D eigenvalue weighted by atomic mass is 19.4. The van der Waals surface area contributed by atoms with E-state index in [0.717, 1.165) is 44.1 Å². The Kier molecular flexibility index (Phi) is 8.78. The number of aromatic nitrogens is 5. The second-order valence-electron chi connectivity index (χ2n) is 14.6. The van der Waals surface area contributed by atoms with Crippen molar-refractivity contribution in [3.05, 3.63) is 90.8 Å². The molecule has 11 nitrogen and oxygen atoms in total. The maximum absolute atomic E-state index is 14.7. The van der Waals surface area contributed by atoms with Crippen molar-refractivity contribution >= 4 is 28.7 Å². The standard InChI is InChI=1S/C39H38F3N7O4/c1-23-17-24-19-25(18-23)38(21-24,36(51)52)47-35(50)30-5-6-32(46-34(30)39(40,41)42)31-22-49(26-7-13-43-14-8-26)33-20-28(3-4-29(31)33)53-27-9-15-48(16-10-27)37-44-11-2-12-45-37/h2-8,11-14,20,22-25,27H,9-10,15-19,21H2,1H3,(H,47,50)(H,51,52). The molecule has 4 atom stereocenters. The lowest BCUT2D eigenvalue weighted by atomic mass is 9.78. The topological polar surface area (TPSA) is 135 Å². The number of anilines is 1. The number of nitrogens with zero attached hydrogens (tertiary/aromatic N) is 6. The molecule has 4 aromatic heterocycles. The molecule has 1 aliphatic heterocycles. The van der Waals surface area contributed by atoms with E-state index in [1.54, 1.807) is 61.3 Å². The van der Waals surface area contributed by atoms with Gasteiger partial charge in [-0.25, -0.2) is 19.7 Å². The van der Waals surface area contributed by atoms with Gasteiger partial charge < -0.3 is 24.6 Å². The third-order valence-electron chi connectivity index (χ3n) is 11.0. The fourth-order valence-corrected chi connectivity index (χ4v) is 8.71. The van der Waals surface area contributed by atoms with Gasteiger partial charge in [-0.05, 0) is 85.9 Å². The van der Waals surface area contributed by atoms with Gasteiger partial charge in [0.25, 0.3) is 5.91 Å². The summed E-state index contributed by atoms with van der Waals surface area (Å²) in [5.41, 5.74) is -1.88. The average Bonchev–Trinajstić information content (AvgIpc) is 3.66. The molecule has 1 saturated heterocycles. The molecule has 1 amide bonds. The van der Waals surface area contributed by atoms with Gasteiger partial charge in [0.2, 0.25) is 5.95 Å². The number of piperidine rings is 1. The van der Waals surface area contributed by atoms with Crippen molar-refractivity contribution in [2.75, 3.05) is 18.0 Å². The normalized spacial score (nSPS) is 23.2. The Labute approximate surface area is 303 Å². The highest BCUT2D eigenvalue weighted by molar-refractivity contribution is 6.01. The number of rotatable bonds is 8. The summed E-state index contributed by atoms with van der Waals surface area (Å²) >= 11 is 0. The first-order chi connectivity index (χ1) is 25.5. The van der Waals surface area contributed by atoms with Crippen LogP contribution in [-0.4, -0.2) is 66.2 Å². The number of hydrogen-bond donors (Lipinski definition) is 2. The third-order valence-corrected chi connectivity index (χ3v) is 11.0. The van der Waals surface area contributed by atoms with Crippen LogP contribution >= 0.6 is 0 Å². The van der Waals surface area contributed by atoms with Crippen LogP contribution in [0.1, 0.15) is 61.5 Å². The Balaban J connectivity index is 1.11. The smallest absolute Gasteiger partial charge is 0.434 e. The Morgan fingerprint density at radius 2 is 1.74 bits per heavy atom. The van der Waals surface area contributed by atoms with Crippen molar-refractivity contribution in [2.24, 2.45) is 17.8 Å². The first-order valence-electron chi connectivity index (χ1n) is 17.9. The van der Waals surface area contributed by atoms with E-state index in [2.05, 4.69) is 30.2 Å². The van der Waals surface area contributed by atoms with Crippen LogP contribution in [0, 0.1) is 17.8 Å². The van der Waals surface area contributed by atoms with Crippen LogP contribution in [0.4, 0.5) is 19.1 Å². The molecule has 8 rings (SSSR count). The molecular formula is C39H38F3N7O4. The molecule has 274 valence electrons. The molecule has 0 spiro atoms. The molecule has 14 heteroatoms. The zero-order chi connectivity index (χ0) is 36.9. The molecule has 5 heterocycles. The summed E-state index contributed by atoms with van der Waals surface area (Å²) in [7, 11) is 0. The first kappa shape index (κ1) is 34.6. The first-order valence-corrected chi connectivity index (χ1v) is 17.9. The molecule has 3 fully saturated rings. The van der Waals surface area contributed by atoms with Crippen LogP contribution < -0.4 is 15.0 Å². The number of carbonyl (C=O) groups is 2. The van der Waals surface area contributed by atoms with Crippen LogP contribution in [0.15, 0.2) is 79.5 Å². The van der Waals surface area contributed by atoms with Crippen molar-refractivity contribution < 1.29 is 32.6 Å². The lowest BCUT2D eigenvalue weighted by molar-refractivity contribution is -0.146. The zero-order valence-electron chi connectivity index (χ0n) is 29.0. The molecular weight excluding hydrogens is 687 g/mol. The van der Waals surface area contributed by atoms with Crippen LogP contribution in [0.3, 0.4) is 0 Å². The molecule has 3 aliphatic rings. The van der Waals surface area contributed by atoms with Crippen LogP contribution in [0.2, 0.25) is 0 Å². The Morgan fingerprint density at radius 3 is 2.45 bits per heavy atom. The SMILES string of the molecule is CC1CC2CC(C1)C(NC(=O)c1ccc(-c3cn(-c4ccncc4)c4cc(OC5CCN(c6ncccn6)CC5)ccc34)nc1C(F)(F)F)(C(=O)O)C2. The van der Waals surface area contributed by atoms with Gasteiger partial charge in [-0.15, -0.1) is 0 Å². The second-order valence-corrected chi connectivity index (χ2v) is 14.6. The third kappa shape index (κ3) is 6.55. The van der Waals surface area contributed by atoms with E-state index in [9.17, 15) is 27.9 Å². The minimum Gasteiger partial charge on any atom is -0.490 e. The fraction of sp³-hybridized carbons (Fsp3) is 0.385. The van der Waals surface area contributed by atoms with Crippen molar-refractivity contribution in [1.29, 1.82) is 0 Å². The van der Waals surface area contributed by atoms with Gasteiger partial charge in [-0.2, -0.15) is 13.2 Å². The molecule has 2 N–H and O–H groups in total. The summed E-state index contributed by atoms with van der Waals surface area (Å²) in [5, 5.41) is 13.5. The number of carboxylic acid groups (broad SMARTS) is 1. The highest BCUT2D eigenvalue weighted by Crippen LogP contribution is 2.51. The Hall–Kier alpha value is -5.53. The number of nitrogens with one attached hydrogen (secondary N) is 1. The van der Waals surface area contributed by atoms with Gasteiger partial charge in [0, 0.05) is 79.6 Å². The van der Waals surface area contributed by atoms with Crippen LogP contribution in [-0.2, 0) is 11.0 Å². The van der Waals surface area contributed by atoms with Crippen molar-refractivity contribution in [2.45, 2.75) is 63.3 Å². The van der Waals surface area contributed by atoms with Crippen LogP contribution in [0.5, 0.6) is 5.75 Å². The van der Waals surface area contributed by atoms with E-state index in [1.807, 2.05) is 17.6 Å². The van der Waals surface area contributed by atoms with Crippen molar-refractivity contribution in [1.82, 2.24) is 29.8 Å². The molecule has 1 aromatic carbocycles. The number of carboxylic acids is 1. The Morgan fingerprint density at radius 1 is 0.981 bits per heavy atom. The summed E-state index contributed by atoms with van der Waals surface area (Å²) in [6.45, 7) is 3.50. The molecule has 2 saturated carbocycles. The molecule has 4 unspecified atom stereocenters. The van der Waals surface area contributed by atoms with Crippen LogP contribution in [0.25, 0.3) is 27.8 Å². The minimum atomic E-state index is -4.99. The van der Waals surface area contributed by atoms with E-state index >= 15 is 0 Å². The second kappa shape index (κ2) is 13.5. The number of carbonyl (C=O) groups excluding carboxylic acids is 1. The zero-order valence-corrected chi connectivity index (χ0v) is 29.0. The number of fused-ring (bicyclic) bond motifs is 3. The summed E-state index contributed by atoms with van der Waals surface area (Å²) < 4.78 is 52.4. The molecule has 53 heavy (non-hydrogen) atoms. The molecule has 5 aromatic rings. The van der Waals surface area contributed by atoms with E-state index in [4.69, 9.17) is 4.74 Å². The number of hydrogen-bond acceptors (Lipinski definition) is 8. The van der Waals surface area contributed by atoms with Gasteiger partial charge in [-0.3, -0.25) is 9.78 Å². The number of alkyl halides is 3. The monoisotopic (exact) mass is 725 g/mol. The minimum absolute atomic E-state index is 0.00866. The maximum atomic E-state index is 14.7. The van der Waals surface area contributed by atoms with Gasteiger partial charge in [-0.1, -0.05) is 6.92 Å². The highest BCUT2D eigenvalue weighted by Gasteiger charge is 2.56. The summed E-state index contributed by atoms with van der Waals surface area (Å²) in [6, 6.07) is 13.3. The molecule has 2 aliphatic carbocycles. The van der Waals surface area contributed by atoms with E-state index in [1.165, 1.54) is 6.07 Å². The van der Waals surface area contributed by atoms with E-state index in [-0.39, 0.29) is 36.0 Å². The number of aliphatic carboxylic acids is 1. The largest absolute Gasteiger partial charge is 0.490 e. The summed E-state index contributed by atoms with van der Waals surface area (Å²) in [4.78, 5) is 45.2. The van der Waals surface area contributed by atoms with Gasteiger partial charge in [0.1, 0.15) is 17.4 Å². The fourth-order valence-electron chi connectivity index (χ4n) is 8.71. The lowest BCUT2D eigenvalue weighted by Gasteiger charge is -2.33. The summed E-state index contributed by atoms with van der Waals surface area (Å²) in [5.74, 6) is -1.01. The number of amides is 1. The average molecular weight is 726 g/mol. The number of benzene rings is 1. The van der Waals surface area contributed by atoms with Gasteiger partial charge >= 0.3 is 12.1 Å². The van der Waals surface area contributed by atoms with E-state index in [0.29, 0.717) is 41.0 Å². The molecule has 2 bridgehead atoms. The predicted octanol–water partition coefficient (Wildman–Crippen LogP) is 6.95. The lowest BCUT2D eigenvalue weighted by Crippen LogP contribution is -2.57. The Bertz CT molecular complexity index is 2160.